The molecule has 0 unspecified atom stereocenters. The lowest BCUT2D eigenvalue weighted by atomic mass is 10.3. The number of benzene rings is 1. The molecule has 0 spiro atoms. The van der Waals surface area contributed by atoms with Gasteiger partial charge in [0.15, 0.2) is 0 Å². The van der Waals surface area contributed by atoms with Crippen molar-refractivity contribution in [3.63, 3.8) is 0 Å². The van der Waals surface area contributed by atoms with E-state index in [1.54, 1.807) is 13.1 Å². The van der Waals surface area contributed by atoms with Crippen LogP contribution in [0.5, 0.6) is 0 Å². The minimum absolute atomic E-state index is 0.101. The highest BCUT2D eigenvalue weighted by atomic mass is 79.9. The minimum atomic E-state index is -0.518. The molecule has 0 aliphatic carbocycles. The number of nitrogens with zero attached hydrogens (tertiary/aromatic N) is 2. The van der Waals surface area contributed by atoms with E-state index in [2.05, 4.69) is 36.8 Å². The Morgan fingerprint density at radius 1 is 1.44 bits per heavy atom. The average molecular weight is 331 g/mol. The molecule has 5 nitrogen and oxygen atoms in total. The van der Waals surface area contributed by atoms with E-state index in [9.17, 15) is 9.18 Å². The lowest BCUT2D eigenvalue weighted by molar-refractivity contribution is 0.102. The molecule has 2 N–H and O–H groups in total. The number of carbonyl (C=O) groups is 1. The summed E-state index contributed by atoms with van der Waals surface area (Å²) in [5.41, 5.74) is 0.101. The molecule has 18 heavy (non-hydrogen) atoms. The van der Waals surface area contributed by atoms with Crippen LogP contribution >= 0.6 is 27.3 Å². The second-order valence-electron chi connectivity index (χ2n) is 3.24. The Hall–Kier alpha value is -1.54. The van der Waals surface area contributed by atoms with E-state index in [0.717, 1.165) is 11.3 Å². The van der Waals surface area contributed by atoms with Gasteiger partial charge in [-0.2, -0.15) is 0 Å². The van der Waals surface area contributed by atoms with Crippen LogP contribution in [0.2, 0.25) is 0 Å². The maximum atomic E-state index is 13.5. The highest BCUT2D eigenvalue weighted by Crippen LogP contribution is 2.21. The lowest BCUT2D eigenvalue weighted by Crippen LogP contribution is -2.12. The third-order valence-corrected chi connectivity index (χ3v) is 3.45. The molecule has 0 aliphatic heterocycles. The fourth-order valence-electron chi connectivity index (χ4n) is 1.18. The Labute approximate surface area is 115 Å². The Morgan fingerprint density at radius 3 is 2.83 bits per heavy atom. The van der Waals surface area contributed by atoms with Crippen molar-refractivity contribution < 1.29 is 9.18 Å². The number of carbonyl (C=O) groups excluding carboxylic acids is 1. The van der Waals surface area contributed by atoms with Gasteiger partial charge in [-0.3, -0.25) is 4.79 Å². The molecule has 1 amide bonds. The summed E-state index contributed by atoms with van der Waals surface area (Å²) in [5.74, 6) is -1.01. The number of aromatic nitrogens is 2. The van der Waals surface area contributed by atoms with Crippen molar-refractivity contribution in [2.75, 3.05) is 17.7 Å². The van der Waals surface area contributed by atoms with E-state index in [1.807, 2.05) is 0 Å². The van der Waals surface area contributed by atoms with Crippen LogP contribution in [0.15, 0.2) is 22.7 Å². The van der Waals surface area contributed by atoms with Crippen LogP contribution < -0.4 is 10.6 Å². The second kappa shape index (κ2) is 5.40. The number of anilines is 2. The summed E-state index contributed by atoms with van der Waals surface area (Å²) >= 11 is 4.23. The van der Waals surface area contributed by atoms with Crippen LogP contribution in [0.3, 0.4) is 0 Å². The van der Waals surface area contributed by atoms with Crippen LogP contribution in [0.4, 0.5) is 15.2 Å². The monoisotopic (exact) mass is 330 g/mol. The standard InChI is InChI=1S/C10H8BrFN4OS/c1-13-10-16-15-9(18-10)8(17)14-7-3-2-5(11)4-6(7)12/h2-4H,1H3,(H,13,16)(H,14,17). The highest BCUT2D eigenvalue weighted by molar-refractivity contribution is 9.10. The first-order valence-corrected chi connectivity index (χ1v) is 6.49. The number of rotatable bonds is 3. The summed E-state index contributed by atoms with van der Waals surface area (Å²) in [4.78, 5) is 11.8. The highest BCUT2D eigenvalue weighted by Gasteiger charge is 2.14. The molecular weight excluding hydrogens is 323 g/mol. The molecule has 0 bridgehead atoms. The van der Waals surface area contributed by atoms with Crippen LogP contribution in [0.25, 0.3) is 0 Å². The largest absolute Gasteiger partial charge is 0.363 e. The Morgan fingerprint density at radius 2 is 2.22 bits per heavy atom. The van der Waals surface area contributed by atoms with E-state index in [-0.39, 0.29) is 10.7 Å². The van der Waals surface area contributed by atoms with Gasteiger partial charge in [0.1, 0.15) is 5.82 Å². The quantitative estimate of drug-likeness (QED) is 0.908. The van der Waals surface area contributed by atoms with Crippen molar-refractivity contribution in [3.05, 3.63) is 33.5 Å². The summed E-state index contributed by atoms with van der Waals surface area (Å²) < 4.78 is 14.1. The van der Waals surface area contributed by atoms with Gasteiger partial charge in [0.2, 0.25) is 10.1 Å². The van der Waals surface area contributed by atoms with E-state index in [0.29, 0.717) is 9.60 Å². The van der Waals surface area contributed by atoms with Gasteiger partial charge in [-0.15, -0.1) is 10.2 Å². The molecule has 0 atom stereocenters. The van der Waals surface area contributed by atoms with Gasteiger partial charge in [-0.25, -0.2) is 4.39 Å². The van der Waals surface area contributed by atoms with Crippen LogP contribution in [-0.2, 0) is 0 Å². The predicted molar refractivity (Wildman–Crippen MR) is 71.5 cm³/mol. The van der Waals surface area contributed by atoms with Gasteiger partial charge < -0.3 is 10.6 Å². The Bertz CT molecular complexity index is 589. The molecule has 0 fully saturated rings. The Balaban J connectivity index is 2.16. The number of hydrogen-bond acceptors (Lipinski definition) is 5. The average Bonchev–Trinajstić information content (AvgIpc) is 2.81. The SMILES string of the molecule is CNc1nnc(C(=O)Nc2ccc(Br)cc2F)s1. The van der Waals surface area contributed by atoms with Gasteiger partial charge >= 0.3 is 0 Å². The van der Waals surface area contributed by atoms with Gasteiger partial charge in [0, 0.05) is 11.5 Å². The number of amides is 1. The van der Waals surface area contributed by atoms with Crippen LogP contribution in [0, 0.1) is 5.82 Å². The maximum Gasteiger partial charge on any atom is 0.286 e. The molecule has 2 rings (SSSR count). The summed E-state index contributed by atoms with van der Waals surface area (Å²) in [5, 5.41) is 13.3. The lowest BCUT2D eigenvalue weighted by Gasteiger charge is -2.04. The molecule has 1 aromatic heterocycles. The van der Waals surface area contributed by atoms with Gasteiger partial charge in [0.05, 0.1) is 5.69 Å². The van der Waals surface area contributed by atoms with Crippen molar-refractivity contribution in [1.82, 2.24) is 10.2 Å². The molecule has 0 saturated carbocycles. The van der Waals surface area contributed by atoms with Crippen molar-refractivity contribution in [1.29, 1.82) is 0 Å². The van der Waals surface area contributed by atoms with E-state index in [1.165, 1.54) is 12.1 Å². The first kappa shape index (κ1) is 12.9. The van der Waals surface area contributed by atoms with E-state index in [4.69, 9.17) is 0 Å². The summed E-state index contributed by atoms with van der Waals surface area (Å²) in [7, 11) is 1.68. The first-order valence-electron chi connectivity index (χ1n) is 4.88. The van der Waals surface area contributed by atoms with Gasteiger partial charge in [-0.1, -0.05) is 27.3 Å². The summed E-state index contributed by atoms with van der Waals surface area (Å²) in [6, 6.07) is 4.38. The summed E-state index contributed by atoms with van der Waals surface area (Å²) in [6.07, 6.45) is 0. The zero-order valence-electron chi connectivity index (χ0n) is 9.20. The zero-order valence-corrected chi connectivity index (χ0v) is 11.6. The normalized spacial score (nSPS) is 10.2. The first-order chi connectivity index (χ1) is 8.60. The van der Waals surface area contributed by atoms with Crippen molar-refractivity contribution in [2.24, 2.45) is 0 Å². The number of nitrogens with one attached hydrogen (secondary N) is 2. The smallest absolute Gasteiger partial charge is 0.286 e. The van der Waals surface area contributed by atoms with Crippen LogP contribution in [0.1, 0.15) is 9.80 Å². The molecule has 0 radical (unpaired) electrons. The fourth-order valence-corrected chi connectivity index (χ4v) is 2.11. The van der Waals surface area contributed by atoms with Crippen molar-refractivity contribution in [3.8, 4) is 0 Å². The molecule has 2 aromatic rings. The topological polar surface area (TPSA) is 66.9 Å². The van der Waals surface area contributed by atoms with Crippen LogP contribution in [-0.4, -0.2) is 23.2 Å². The second-order valence-corrected chi connectivity index (χ2v) is 5.13. The molecule has 8 heteroatoms. The fraction of sp³-hybridized carbons (Fsp3) is 0.100. The molecule has 94 valence electrons. The molecular formula is C10H8BrFN4OS. The van der Waals surface area contributed by atoms with Crippen molar-refractivity contribution in [2.45, 2.75) is 0 Å². The number of halogens is 2. The van der Waals surface area contributed by atoms with E-state index >= 15 is 0 Å². The van der Waals surface area contributed by atoms with E-state index < -0.39 is 11.7 Å². The predicted octanol–water partition coefficient (Wildman–Crippen LogP) is 2.73. The third-order valence-electron chi connectivity index (χ3n) is 2.01. The zero-order chi connectivity index (χ0) is 13.1. The van der Waals surface area contributed by atoms with Gasteiger partial charge in [0.25, 0.3) is 5.91 Å². The Kier molecular flexibility index (Phi) is 3.87. The third kappa shape index (κ3) is 2.82. The molecule has 1 heterocycles. The molecule has 0 saturated heterocycles. The molecule has 1 aromatic carbocycles. The minimum Gasteiger partial charge on any atom is -0.363 e. The summed E-state index contributed by atoms with van der Waals surface area (Å²) in [6.45, 7) is 0. The maximum absolute atomic E-state index is 13.5. The van der Waals surface area contributed by atoms with Gasteiger partial charge in [-0.05, 0) is 18.2 Å². The van der Waals surface area contributed by atoms with Crippen molar-refractivity contribution >= 4 is 44.0 Å². The molecule has 0 aliphatic rings. The number of hydrogen-bond donors (Lipinski definition) is 2.